The smallest absolute Gasteiger partial charge is 0.253 e. The van der Waals surface area contributed by atoms with E-state index >= 15 is 0 Å². The van der Waals surface area contributed by atoms with Crippen LogP contribution in [-0.2, 0) is 5.75 Å². The maximum atomic E-state index is 5.97. The molecule has 0 amide bonds. The van der Waals surface area contributed by atoms with Gasteiger partial charge in [-0.2, -0.15) is 0 Å². The quantitative estimate of drug-likeness (QED) is 0.298. The lowest BCUT2D eigenvalue weighted by Crippen LogP contribution is -2.01. The normalized spacial score (nSPS) is 13.5. The second kappa shape index (κ2) is 8.32. The number of para-hydroxylation sites is 1. The zero-order valence-corrected chi connectivity index (χ0v) is 18.7. The van der Waals surface area contributed by atoms with Crippen LogP contribution in [0.3, 0.4) is 0 Å². The summed E-state index contributed by atoms with van der Waals surface area (Å²) in [5.41, 5.74) is 3.36. The van der Waals surface area contributed by atoms with Gasteiger partial charge in [0.2, 0.25) is 11.0 Å². The molecule has 5 aromatic rings. The Balaban J connectivity index is 1.23. The summed E-state index contributed by atoms with van der Waals surface area (Å²) in [5, 5.41) is 18.1. The molecule has 164 valence electrons. The van der Waals surface area contributed by atoms with Crippen LogP contribution >= 0.6 is 11.8 Å². The molecule has 3 aromatic heterocycles. The summed E-state index contributed by atoms with van der Waals surface area (Å²) in [7, 11) is 0. The number of aryl methyl sites for hydroxylation is 1. The van der Waals surface area contributed by atoms with Crippen molar-refractivity contribution in [3.8, 4) is 28.4 Å². The highest BCUT2D eigenvalue weighted by atomic mass is 32.2. The molecule has 0 unspecified atom stereocenters. The van der Waals surface area contributed by atoms with Gasteiger partial charge in [-0.3, -0.25) is 0 Å². The van der Waals surface area contributed by atoms with Crippen molar-refractivity contribution in [1.82, 2.24) is 30.1 Å². The number of aromatic nitrogens is 6. The van der Waals surface area contributed by atoms with Gasteiger partial charge in [0.05, 0.1) is 11.4 Å². The molecule has 0 spiro atoms. The Morgan fingerprint density at radius 2 is 1.76 bits per heavy atom. The Bertz CT molecular complexity index is 1390. The monoisotopic (exact) mass is 456 g/mol. The topological polar surface area (TPSA) is 95.7 Å². The van der Waals surface area contributed by atoms with E-state index in [1.807, 2.05) is 72.3 Å². The van der Waals surface area contributed by atoms with Crippen molar-refractivity contribution >= 4 is 11.8 Å². The van der Waals surface area contributed by atoms with E-state index in [1.165, 1.54) is 11.8 Å². The molecule has 0 N–H and O–H groups in total. The zero-order valence-electron chi connectivity index (χ0n) is 17.9. The molecule has 0 bridgehead atoms. The number of benzene rings is 2. The molecule has 8 nitrogen and oxygen atoms in total. The van der Waals surface area contributed by atoms with Gasteiger partial charge in [-0.05, 0) is 31.9 Å². The van der Waals surface area contributed by atoms with Gasteiger partial charge in [-0.1, -0.05) is 65.4 Å². The third kappa shape index (κ3) is 3.95. The minimum Gasteiger partial charge on any atom is -0.420 e. The van der Waals surface area contributed by atoms with Gasteiger partial charge in [0.1, 0.15) is 22.8 Å². The van der Waals surface area contributed by atoms with Crippen LogP contribution in [0, 0.1) is 6.92 Å². The van der Waals surface area contributed by atoms with Gasteiger partial charge >= 0.3 is 0 Å². The first-order chi connectivity index (χ1) is 16.3. The molecule has 1 fully saturated rings. The molecule has 6 rings (SSSR count). The van der Waals surface area contributed by atoms with E-state index in [-0.39, 0.29) is 0 Å². The van der Waals surface area contributed by atoms with E-state index in [4.69, 9.17) is 19.0 Å². The van der Waals surface area contributed by atoms with Gasteiger partial charge in [-0.25, -0.2) is 9.67 Å². The second-order valence-corrected chi connectivity index (χ2v) is 8.83. The highest BCUT2D eigenvalue weighted by molar-refractivity contribution is 7.98. The summed E-state index contributed by atoms with van der Waals surface area (Å²) in [4.78, 5) is 4.79. The highest BCUT2D eigenvalue weighted by Crippen LogP contribution is 2.40. The fourth-order valence-electron chi connectivity index (χ4n) is 3.69. The average molecular weight is 457 g/mol. The fourth-order valence-corrected chi connectivity index (χ4v) is 4.35. The molecular formula is C24H20N6O2S. The maximum Gasteiger partial charge on any atom is 0.253 e. The predicted octanol–water partition coefficient (Wildman–Crippen LogP) is 5.45. The summed E-state index contributed by atoms with van der Waals surface area (Å²) in [6, 6.07) is 19.9. The van der Waals surface area contributed by atoms with E-state index in [9.17, 15) is 0 Å². The van der Waals surface area contributed by atoms with Crippen molar-refractivity contribution in [2.75, 3.05) is 0 Å². The first-order valence-electron chi connectivity index (χ1n) is 10.8. The lowest BCUT2D eigenvalue weighted by Gasteiger charge is -2.03. The Morgan fingerprint density at radius 3 is 2.52 bits per heavy atom. The van der Waals surface area contributed by atoms with E-state index in [0.717, 1.165) is 29.9 Å². The van der Waals surface area contributed by atoms with Crippen LogP contribution in [0.2, 0.25) is 0 Å². The first-order valence-corrected chi connectivity index (χ1v) is 11.7. The number of hydrogen-bond acceptors (Lipinski definition) is 8. The van der Waals surface area contributed by atoms with Gasteiger partial charge < -0.3 is 8.94 Å². The van der Waals surface area contributed by atoms with Crippen molar-refractivity contribution in [1.29, 1.82) is 0 Å². The summed E-state index contributed by atoms with van der Waals surface area (Å²) in [5.74, 6) is 3.50. The van der Waals surface area contributed by atoms with Crippen LogP contribution in [-0.4, -0.2) is 30.1 Å². The first kappa shape index (κ1) is 19.9. The van der Waals surface area contributed by atoms with Crippen molar-refractivity contribution in [3.63, 3.8) is 0 Å². The van der Waals surface area contributed by atoms with E-state index < -0.39 is 0 Å². The molecule has 2 aromatic carbocycles. The Kier molecular flexibility index (Phi) is 5.03. The molecule has 33 heavy (non-hydrogen) atoms. The van der Waals surface area contributed by atoms with Crippen molar-refractivity contribution in [3.05, 3.63) is 78.1 Å². The Morgan fingerprint density at radius 1 is 1.00 bits per heavy atom. The standard InChI is InChI=1S/C24H20N6O2S/c1-15-20(21(29-32-15)16-8-4-2-5-9-16)23-27-26-19(31-23)14-33-24-25-22(17-12-13-17)30(28-24)18-10-6-3-7-11-18/h2-11,17H,12-14H2,1H3. The number of rotatable bonds is 7. The highest BCUT2D eigenvalue weighted by Gasteiger charge is 2.30. The molecule has 0 saturated heterocycles. The largest absolute Gasteiger partial charge is 0.420 e. The van der Waals surface area contributed by atoms with Gasteiger partial charge in [0, 0.05) is 11.5 Å². The summed E-state index contributed by atoms with van der Waals surface area (Å²) in [6.45, 7) is 1.84. The van der Waals surface area contributed by atoms with Gasteiger partial charge in [0.15, 0.2) is 0 Å². The lowest BCUT2D eigenvalue weighted by molar-refractivity contribution is 0.399. The van der Waals surface area contributed by atoms with Crippen LogP contribution in [0.1, 0.15) is 36.2 Å². The molecule has 9 heteroatoms. The molecule has 3 heterocycles. The lowest BCUT2D eigenvalue weighted by atomic mass is 10.1. The Labute approximate surface area is 194 Å². The Hall–Kier alpha value is -3.72. The SMILES string of the molecule is Cc1onc(-c2ccccc2)c1-c1nnc(CSc2nc(C3CC3)n(-c3ccccc3)n2)o1. The number of hydrogen-bond donors (Lipinski definition) is 0. The summed E-state index contributed by atoms with van der Waals surface area (Å²) >= 11 is 1.49. The second-order valence-electron chi connectivity index (χ2n) is 7.89. The van der Waals surface area contributed by atoms with E-state index in [0.29, 0.717) is 45.6 Å². The van der Waals surface area contributed by atoms with E-state index in [2.05, 4.69) is 15.4 Å². The third-order valence-electron chi connectivity index (χ3n) is 5.47. The fraction of sp³-hybridized carbons (Fsp3) is 0.208. The van der Waals surface area contributed by atoms with Crippen molar-refractivity contribution < 1.29 is 8.94 Å². The van der Waals surface area contributed by atoms with Gasteiger partial charge in [-0.15, -0.1) is 15.3 Å². The molecule has 0 radical (unpaired) electrons. The maximum absolute atomic E-state index is 5.97. The van der Waals surface area contributed by atoms with Crippen LogP contribution in [0.15, 0.2) is 74.8 Å². The van der Waals surface area contributed by atoms with Crippen molar-refractivity contribution in [2.45, 2.75) is 36.6 Å². The minimum absolute atomic E-state index is 0.393. The summed E-state index contributed by atoms with van der Waals surface area (Å²) < 4.78 is 13.3. The van der Waals surface area contributed by atoms with Crippen LogP contribution in [0.5, 0.6) is 0 Å². The zero-order chi connectivity index (χ0) is 22.2. The predicted molar refractivity (Wildman–Crippen MR) is 123 cm³/mol. The molecule has 1 saturated carbocycles. The van der Waals surface area contributed by atoms with E-state index in [1.54, 1.807) is 0 Å². The molecular weight excluding hydrogens is 436 g/mol. The van der Waals surface area contributed by atoms with Crippen LogP contribution in [0.25, 0.3) is 28.4 Å². The van der Waals surface area contributed by atoms with Crippen LogP contribution in [0.4, 0.5) is 0 Å². The number of nitrogens with zero attached hydrogens (tertiary/aromatic N) is 6. The van der Waals surface area contributed by atoms with Gasteiger partial charge in [0.25, 0.3) is 5.89 Å². The van der Waals surface area contributed by atoms with Crippen molar-refractivity contribution in [2.24, 2.45) is 0 Å². The minimum atomic E-state index is 0.393. The molecule has 0 atom stereocenters. The molecule has 1 aliphatic carbocycles. The molecule has 1 aliphatic rings. The summed E-state index contributed by atoms with van der Waals surface area (Å²) in [6.07, 6.45) is 2.31. The third-order valence-corrected chi connectivity index (χ3v) is 6.29. The number of thioether (sulfide) groups is 1. The molecule has 0 aliphatic heterocycles. The van der Waals surface area contributed by atoms with Crippen LogP contribution < -0.4 is 0 Å². The average Bonchev–Trinajstić information content (AvgIpc) is 3.26.